The van der Waals surface area contributed by atoms with Gasteiger partial charge in [-0.25, -0.2) is 0 Å². The number of pyridine rings is 1. The molecule has 1 amide bonds. The third-order valence-corrected chi connectivity index (χ3v) is 4.47. The summed E-state index contributed by atoms with van der Waals surface area (Å²) in [5.74, 6) is 0.520. The lowest BCUT2D eigenvalue weighted by Gasteiger charge is -2.13. The zero-order valence-corrected chi connectivity index (χ0v) is 17.3. The van der Waals surface area contributed by atoms with Crippen LogP contribution < -0.4 is 10.1 Å². The number of anilines is 1. The van der Waals surface area contributed by atoms with Crippen molar-refractivity contribution in [3.8, 4) is 5.75 Å². The minimum Gasteiger partial charge on any atom is -0.487 e. The monoisotopic (exact) mass is 400 g/mol. The van der Waals surface area contributed by atoms with E-state index in [4.69, 9.17) is 4.74 Å². The summed E-state index contributed by atoms with van der Waals surface area (Å²) >= 11 is 0. The summed E-state index contributed by atoms with van der Waals surface area (Å²) in [5, 5.41) is 2.69. The van der Waals surface area contributed by atoms with Crippen LogP contribution in [0.3, 0.4) is 0 Å². The zero-order valence-electron chi connectivity index (χ0n) is 17.3. The van der Waals surface area contributed by atoms with E-state index in [1.54, 1.807) is 36.5 Å². The topological polar surface area (TPSA) is 68.3 Å². The van der Waals surface area contributed by atoms with E-state index < -0.39 is 0 Å². The summed E-state index contributed by atoms with van der Waals surface area (Å²) in [5.41, 5.74) is 4.88. The van der Waals surface area contributed by atoms with Crippen molar-refractivity contribution < 1.29 is 14.3 Å². The van der Waals surface area contributed by atoms with Gasteiger partial charge in [-0.05, 0) is 73.0 Å². The fourth-order valence-electron chi connectivity index (χ4n) is 3.16. The van der Waals surface area contributed by atoms with Crippen molar-refractivity contribution in [3.63, 3.8) is 0 Å². The van der Waals surface area contributed by atoms with E-state index in [1.807, 2.05) is 44.2 Å². The summed E-state index contributed by atoms with van der Waals surface area (Å²) in [6.45, 7) is 5.80. The highest BCUT2D eigenvalue weighted by molar-refractivity contribution is 6.07. The van der Waals surface area contributed by atoms with Crippen LogP contribution in [0.4, 0.5) is 5.69 Å². The maximum atomic E-state index is 12.5. The minimum absolute atomic E-state index is 0.131. The molecule has 0 atom stereocenters. The number of ketones is 1. The van der Waals surface area contributed by atoms with Gasteiger partial charge in [-0.1, -0.05) is 24.3 Å². The van der Waals surface area contributed by atoms with Gasteiger partial charge in [0.1, 0.15) is 12.4 Å². The Hall–Kier alpha value is -3.73. The Morgan fingerprint density at radius 3 is 2.47 bits per heavy atom. The van der Waals surface area contributed by atoms with E-state index in [1.165, 1.54) is 13.0 Å². The number of benzene rings is 2. The number of allylic oxidation sites excluding steroid dienone is 1. The molecule has 1 heterocycles. The molecule has 0 radical (unpaired) electrons. The Labute approximate surface area is 176 Å². The first-order valence-electron chi connectivity index (χ1n) is 9.66. The Morgan fingerprint density at radius 2 is 1.80 bits per heavy atom. The molecule has 3 rings (SSSR count). The van der Waals surface area contributed by atoms with Crippen molar-refractivity contribution in [1.82, 2.24) is 4.98 Å². The second-order valence-electron chi connectivity index (χ2n) is 7.05. The molecule has 5 heteroatoms. The van der Waals surface area contributed by atoms with Crippen LogP contribution in [0.2, 0.25) is 0 Å². The Morgan fingerprint density at radius 1 is 1.03 bits per heavy atom. The van der Waals surface area contributed by atoms with Gasteiger partial charge >= 0.3 is 0 Å². The highest BCUT2D eigenvalue weighted by atomic mass is 16.5. The Bertz CT molecular complexity index is 1070. The van der Waals surface area contributed by atoms with Crippen LogP contribution in [-0.4, -0.2) is 16.7 Å². The van der Waals surface area contributed by atoms with Gasteiger partial charge in [0, 0.05) is 24.4 Å². The molecule has 2 aromatic carbocycles. The first kappa shape index (κ1) is 21.0. The summed E-state index contributed by atoms with van der Waals surface area (Å²) in [6, 6.07) is 16.6. The minimum atomic E-state index is -0.175. The highest BCUT2D eigenvalue weighted by Crippen LogP contribution is 2.26. The van der Waals surface area contributed by atoms with Crippen molar-refractivity contribution in [2.24, 2.45) is 0 Å². The number of hydrogen-bond donors (Lipinski definition) is 1. The molecule has 0 spiro atoms. The van der Waals surface area contributed by atoms with Crippen molar-refractivity contribution in [3.05, 3.63) is 94.8 Å². The van der Waals surface area contributed by atoms with E-state index in [2.05, 4.69) is 10.3 Å². The normalized spacial score (nSPS) is 10.8. The largest absolute Gasteiger partial charge is 0.487 e. The maximum absolute atomic E-state index is 12.5. The number of nitrogens with zero attached hydrogens (tertiary/aromatic N) is 1. The summed E-state index contributed by atoms with van der Waals surface area (Å²) in [7, 11) is 0. The zero-order chi connectivity index (χ0) is 21.5. The number of carbonyl (C=O) groups excluding carboxylic acids is 2. The molecule has 0 fully saturated rings. The highest BCUT2D eigenvalue weighted by Gasteiger charge is 2.08. The average molecular weight is 400 g/mol. The van der Waals surface area contributed by atoms with Crippen LogP contribution in [0.5, 0.6) is 5.75 Å². The van der Waals surface area contributed by atoms with Crippen LogP contribution in [-0.2, 0) is 11.4 Å². The molecule has 152 valence electrons. The predicted octanol–water partition coefficient (Wildman–Crippen LogP) is 5.13. The van der Waals surface area contributed by atoms with Crippen LogP contribution in [0.25, 0.3) is 6.08 Å². The van der Waals surface area contributed by atoms with Gasteiger partial charge in [-0.2, -0.15) is 0 Å². The smallest absolute Gasteiger partial charge is 0.221 e. The van der Waals surface area contributed by atoms with Gasteiger partial charge in [-0.3, -0.25) is 14.6 Å². The van der Waals surface area contributed by atoms with Gasteiger partial charge in [0.2, 0.25) is 5.91 Å². The summed E-state index contributed by atoms with van der Waals surface area (Å²) in [4.78, 5) is 28.0. The molecule has 0 aliphatic carbocycles. The lowest BCUT2D eigenvalue weighted by atomic mass is 10.0. The van der Waals surface area contributed by atoms with Crippen molar-refractivity contribution in [2.45, 2.75) is 27.4 Å². The fraction of sp³-hybridized carbons (Fsp3) is 0.160. The standard InChI is InChI=1S/C25H24N2O3/c1-17-13-20(14-18(2)25(17)30-16-23-8-4-5-12-26-23)10-11-24(29)21-7-6-9-22(15-21)27-19(3)28/h4-15H,16H2,1-3H3,(H,27,28)/b11-10+. The molecule has 1 aromatic heterocycles. The third kappa shape index (κ3) is 5.64. The number of amides is 1. The van der Waals surface area contributed by atoms with Gasteiger partial charge in [0.25, 0.3) is 0 Å². The number of rotatable bonds is 7. The molecular formula is C25H24N2O3. The number of aryl methyl sites for hydroxylation is 2. The van der Waals surface area contributed by atoms with Gasteiger partial charge < -0.3 is 10.1 Å². The first-order valence-corrected chi connectivity index (χ1v) is 9.66. The number of carbonyl (C=O) groups is 2. The summed E-state index contributed by atoms with van der Waals surface area (Å²) in [6.07, 6.45) is 5.07. The Kier molecular flexibility index (Phi) is 6.75. The molecule has 0 saturated heterocycles. The average Bonchev–Trinajstić information content (AvgIpc) is 2.72. The van der Waals surface area contributed by atoms with E-state index in [0.29, 0.717) is 17.9 Å². The molecule has 30 heavy (non-hydrogen) atoms. The van der Waals surface area contributed by atoms with Crippen LogP contribution in [0.15, 0.2) is 66.9 Å². The number of nitrogens with one attached hydrogen (secondary N) is 1. The van der Waals surface area contributed by atoms with Gasteiger partial charge in [-0.15, -0.1) is 0 Å². The molecule has 1 N–H and O–H groups in total. The van der Waals surface area contributed by atoms with Gasteiger partial charge in [0.15, 0.2) is 5.78 Å². The molecular weight excluding hydrogens is 376 g/mol. The molecule has 0 aliphatic heterocycles. The third-order valence-electron chi connectivity index (χ3n) is 4.47. The van der Waals surface area contributed by atoms with E-state index in [9.17, 15) is 9.59 Å². The lowest BCUT2D eigenvalue weighted by molar-refractivity contribution is -0.114. The van der Waals surface area contributed by atoms with Crippen LogP contribution >= 0.6 is 0 Å². The number of aromatic nitrogens is 1. The molecule has 0 bridgehead atoms. The quantitative estimate of drug-likeness (QED) is 0.441. The van der Waals surface area contributed by atoms with Crippen molar-refractivity contribution in [1.29, 1.82) is 0 Å². The lowest BCUT2D eigenvalue weighted by Crippen LogP contribution is -2.06. The summed E-state index contributed by atoms with van der Waals surface area (Å²) < 4.78 is 5.96. The van der Waals surface area contributed by atoms with Crippen LogP contribution in [0, 0.1) is 13.8 Å². The van der Waals surface area contributed by atoms with Crippen molar-refractivity contribution >= 4 is 23.5 Å². The maximum Gasteiger partial charge on any atom is 0.221 e. The second kappa shape index (κ2) is 9.65. The molecule has 0 saturated carbocycles. The predicted molar refractivity (Wildman–Crippen MR) is 119 cm³/mol. The van der Waals surface area contributed by atoms with E-state index >= 15 is 0 Å². The molecule has 3 aromatic rings. The molecule has 0 unspecified atom stereocenters. The van der Waals surface area contributed by atoms with Gasteiger partial charge in [0.05, 0.1) is 5.69 Å². The fourth-order valence-corrected chi connectivity index (χ4v) is 3.16. The molecule has 5 nitrogen and oxygen atoms in total. The SMILES string of the molecule is CC(=O)Nc1cccc(C(=O)/C=C/c2cc(C)c(OCc3ccccn3)c(C)c2)c1. The van der Waals surface area contributed by atoms with Crippen LogP contribution in [0.1, 0.15) is 39.7 Å². The number of ether oxygens (including phenoxy) is 1. The Balaban J connectivity index is 1.71. The van der Waals surface area contributed by atoms with E-state index in [-0.39, 0.29) is 11.7 Å². The second-order valence-corrected chi connectivity index (χ2v) is 7.05. The number of hydrogen-bond acceptors (Lipinski definition) is 4. The molecule has 0 aliphatic rings. The van der Waals surface area contributed by atoms with E-state index in [0.717, 1.165) is 28.1 Å². The van der Waals surface area contributed by atoms with Crippen molar-refractivity contribution in [2.75, 3.05) is 5.32 Å². The first-order chi connectivity index (χ1) is 14.4.